The molecule has 0 atom stereocenters. The number of aryl methyl sites for hydroxylation is 1. The lowest BCUT2D eigenvalue weighted by molar-refractivity contribution is -0.116. The number of anilines is 1. The normalized spacial score (nSPS) is 16.0. The summed E-state index contributed by atoms with van der Waals surface area (Å²) in [6.07, 6.45) is 2.87. The Morgan fingerprint density at radius 3 is 2.59 bits per heavy atom. The molecule has 156 valence electrons. The lowest BCUT2D eigenvalue weighted by Crippen LogP contribution is -2.41. The third-order valence-corrected chi connectivity index (χ3v) is 7.03. The van der Waals surface area contributed by atoms with Gasteiger partial charge < -0.3 is 9.88 Å². The van der Waals surface area contributed by atoms with Gasteiger partial charge in [0.2, 0.25) is 15.9 Å². The van der Waals surface area contributed by atoms with E-state index in [0.717, 1.165) is 17.4 Å². The Kier molecular flexibility index (Phi) is 6.18. The van der Waals surface area contributed by atoms with Crippen LogP contribution in [0.1, 0.15) is 25.3 Å². The minimum Gasteiger partial charge on any atom is -0.324 e. The fourth-order valence-electron chi connectivity index (χ4n) is 3.31. The van der Waals surface area contributed by atoms with Gasteiger partial charge in [-0.05, 0) is 61.6 Å². The third-order valence-electron chi connectivity index (χ3n) is 5.12. The Balaban J connectivity index is 1.79. The fourth-order valence-corrected chi connectivity index (χ4v) is 4.87. The Morgan fingerprint density at radius 2 is 1.93 bits per heavy atom. The molecule has 3 rings (SSSR count). The quantitative estimate of drug-likeness (QED) is 0.803. The number of aromatic nitrogens is 1. The zero-order valence-electron chi connectivity index (χ0n) is 16.4. The van der Waals surface area contributed by atoms with E-state index in [4.69, 9.17) is 0 Å². The number of halogens is 1. The van der Waals surface area contributed by atoms with Gasteiger partial charge in [0, 0.05) is 25.0 Å². The number of pyridine rings is 1. The first-order valence-electron chi connectivity index (χ1n) is 9.44. The lowest BCUT2D eigenvalue weighted by Gasteiger charge is -2.29. The van der Waals surface area contributed by atoms with Gasteiger partial charge in [-0.3, -0.25) is 9.59 Å². The van der Waals surface area contributed by atoms with Crippen molar-refractivity contribution in [2.45, 2.75) is 38.1 Å². The van der Waals surface area contributed by atoms with Crippen LogP contribution >= 0.6 is 0 Å². The van der Waals surface area contributed by atoms with E-state index >= 15 is 0 Å². The second-order valence-corrected chi connectivity index (χ2v) is 9.31. The van der Waals surface area contributed by atoms with Crippen molar-refractivity contribution < 1.29 is 17.6 Å². The van der Waals surface area contributed by atoms with Crippen molar-refractivity contribution in [1.82, 2.24) is 8.87 Å². The van der Waals surface area contributed by atoms with Crippen molar-refractivity contribution in [3.8, 4) is 0 Å². The summed E-state index contributed by atoms with van der Waals surface area (Å²) >= 11 is 0. The number of amides is 1. The van der Waals surface area contributed by atoms with Crippen LogP contribution in [0.4, 0.5) is 10.1 Å². The summed E-state index contributed by atoms with van der Waals surface area (Å²) in [5.41, 5.74) is 0.231. The number of nitrogens with one attached hydrogen (secondary N) is 1. The molecule has 2 heterocycles. The van der Waals surface area contributed by atoms with Crippen LogP contribution in [0, 0.1) is 18.7 Å². The van der Waals surface area contributed by atoms with Crippen LogP contribution in [0.15, 0.2) is 46.2 Å². The Morgan fingerprint density at radius 1 is 1.24 bits per heavy atom. The van der Waals surface area contributed by atoms with Crippen LogP contribution in [-0.2, 0) is 21.4 Å². The first-order chi connectivity index (χ1) is 13.7. The molecule has 0 saturated carbocycles. The van der Waals surface area contributed by atoms with E-state index in [9.17, 15) is 22.4 Å². The van der Waals surface area contributed by atoms with Gasteiger partial charge in [-0.2, -0.15) is 4.31 Å². The van der Waals surface area contributed by atoms with Crippen LogP contribution < -0.4 is 10.9 Å². The van der Waals surface area contributed by atoms with Gasteiger partial charge in [-0.25, -0.2) is 12.8 Å². The monoisotopic (exact) mass is 421 g/mol. The maximum atomic E-state index is 13.2. The Bertz CT molecular complexity index is 1070. The van der Waals surface area contributed by atoms with Gasteiger partial charge in [0.1, 0.15) is 17.3 Å². The lowest BCUT2D eigenvalue weighted by atomic mass is 10.0. The molecule has 0 aliphatic carbocycles. The van der Waals surface area contributed by atoms with E-state index in [0.29, 0.717) is 30.3 Å². The van der Waals surface area contributed by atoms with E-state index in [1.54, 1.807) is 6.92 Å². The van der Waals surface area contributed by atoms with E-state index in [1.165, 1.54) is 40.8 Å². The van der Waals surface area contributed by atoms with E-state index < -0.39 is 27.3 Å². The SMILES string of the molecule is Cc1cc(F)ccc1NC(=O)Cn1cccc(S(=O)(=O)N2CCC(C)CC2)c1=O. The first kappa shape index (κ1) is 21.2. The highest BCUT2D eigenvalue weighted by Crippen LogP contribution is 2.22. The molecule has 1 saturated heterocycles. The summed E-state index contributed by atoms with van der Waals surface area (Å²) in [4.78, 5) is 24.8. The van der Waals surface area contributed by atoms with Gasteiger partial charge in [0.05, 0.1) is 0 Å². The Labute approximate surface area is 169 Å². The number of carbonyl (C=O) groups excluding carboxylic acids is 1. The van der Waals surface area contributed by atoms with E-state index in [1.807, 2.05) is 0 Å². The molecule has 9 heteroatoms. The summed E-state index contributed by atoms with van der Waals surface area (Å²) in [7, 11) is -3.92. The van der Waals surface area contributed by atoms with Gasteiger partial charge in [-0.15, -0.1) is 0 Å². The summed E-state index contributed by atoms with van der Waals surface area (Å²) < 4.78 is 41.4. The first-order valence-corrected chi connectivity index (χ1v) is 10.9. The molecule has 0 bridgehead atoms. The molecular formula is C20H24FN3O4S. The highest BCUT2D eigenvalue weighted by Gasteiger charge is 2.30. The number of sulfonamides is 1. The number of hydrogen-bond acceptors (Lipinski definition) is 4. The van der Waals surface area contributed by atoms with Crippen molar-refractivity contribution in [3.63, 3.8) is 0 Å². The maximum Gasteiger partial charge on any atom is 0.271 e. The molecule has 2 aromatic rings. The molecule has 1 N–H and O–H groups in total. The van der Waals surface area contributed by atoms with Crippen molar-refractivity contribution in [3.05, 3.63) is 58.3 Å². The van der Waals surface area contributed by atoms with Crippen molar-refractivity contribution >= 4 is 21.6 Å². The number of hydrogen-bond donors (Lipinski definition) is 1. The van der Waals surface area contributed by atoms with Crippen molar-refractivity contribution in [2.75, 3.05) is 18.4 Å². The predicted molar refractivity (Wildman–Crippen MR) is 108 cm³/mol. The second kappa shape index (κ2) is 8.46. The highest BCUT2D eigenvalue weighted by molar-refractivity contribution is 7.89. The zero-order valence-corrected chi connectivity index (χ0v) is 17.2. The standard InChI is InChI=1S/C20H24FN3O4S/c1-14-7-10-24(11-8-14)29(27,28)18-4-3-9-23(20(18)26)13-19(25)22-17-6-5-16(21)12-15(17)2/h3-6,9,12,14H,7-8,10-11,13H2,1-2H3,(H,22,25). The van der Waals surface area contributed by atoms with Gasteiger partial charge in [-0.1, -0.05) is 6.92 Å². The largest absolute Gasteiger partial charge is 0.324 e. The van der Waals surface area contributed by atoms with Gasteiger partial charge >= 0.3 is 0 Å². The van der Waals surface area contributed by atoms with Crippen LogP contribution in [0.2, 0.25) is 0 Å². The molecule has 1 fully saturated rings. The second-order valence-electron chi connectivity index (χ2n) is 7.40. The molecule has 1 aliphatic rings. The van der Waals surface area contributed by atoms with Crippen LogP contribution in [0.25, 0.3) is 0 Å². The van der Waals surface area contributed by atoms with E-state index in [2.05, 4.69) is 12.2 Å². The zero-order chi connectivity index (χ0) is 21.2. The number of nitrogens with zero attached hydrogens (tertiary/aromatic N) is 2. The number of benzene rings is 1. The molecule has 1 aromatic carbocycles. The van der Waals surface area contributed by atoms with Gasteiger partial charge in [0.25, 0.3) is 5.56 Å². The summed E-state index contributed by atoms with van der Waals surface area (Å²) in [6.45, 7) is 4.12. The molecule has 29 heavy (non-hydrogen) atoms. The van der Waals surface area contributed by atoms with Crippen LogP contribution in [0.3, 0.4) is 0 Å². The average Bonchev–Trinajstić information content (AvgIpc) is 2.66. The molecule has 1 amide bonds. The summed E-state index contributed by atoms with van der Waals surface area (Å²) in [5, 5.41) is 2.61. The third kappa shape index (κ3) is 4.73. The molecule has 1 aromatic heterocycles. The highest BCUT2D eigenvalue weighted by atomic mass is 32.2. The van der Waals surface area contributed by atoms with Crippen LogP contribution in [-0.4, -0.2) is 36.3 Å². The fraction of sp³-hybridized carbons (Fsp3) is 0.400. The minimum atomic E-state index is -3.92. The topological polar surface area (TPSA) is 88.5 Å². The minimum absolute atomic E-state index is 0.333. The molecule has 0 unspecified atom stereocenters. The number of carbonyl (C=O) groups is 1. The van der Waals surface area contributed by atoms with Crippen molar-refractivity contribution in [1.29, 1.82) is 0 Å². The number of rotatable bonds is 5. The number of piperidine rings is 1. The predicted octanol–water partition coefficient (Wildman–Crippen LogP) is 2.36. The molecule has 0 radical (unpaired) electrons. The van der Waals surface area contributed by atoms with Crippen LogP contribution in [0.5, 0.6) is 0 Å². The summed E-state index contributed by atoms with van der Waals surface area (Å²) in [5.74, 6) is -0.475. The molecule has 0 spiro atoms. The summed E-state index contributed by atoms with van der Waals surface area (Å²) in [6, 6.07) is 6.66. The molecular weight excluding hydrogens is 397 g/mol. The van der Waals surface area contributed by atoms with E-state index in [-0.39, 0.29) is 11.4 Å². The molecule has 1 aliphatic heterocycles. The Hall–Kier alpha value is -2.52. The maximum absolute atomic E-state index is 13.2. The van der Waals surface area contributed by atoms with Crippen molar-refractivity contribution in [2.24, 2.45) is 5.92 Å². The van der Waals surface area contributed by atoms with Gasteiger partial charge in [0.15, 0.2) is 0 Å². The average molecular weight is 421 g/mol. The smallest absolute Gasteiger partial charge is 0.271 e. The molecule has 7 nitrogen and oxygen atoms in total.